The number of rotatable bonds is 7. The fourth-order valence-electron chi connectivity index (χ4n) is 1.08. The molecule has 0 amide bonds. The molecule has 92 valence electrons. The third-order valence-electron chi connectivity index (χ3n) is 2.23. The molecule has 0 aromatic carbocycles. The van der Waals surface area contributed by atoms with E-state index in [9.17, 15) is 8.42 Å². The fourth-order valence-corrected chi connectivity index (χ4v) is 2.70. The molecule has 0 saturated carbocycles. The van der Waals surface area contributed by atoms with E-state index in [0.717, 1.165) is 0 Å². The van der Waals surface area contributed by atoms with E-state index in [1.165, 1.54) is 4.31 Å². The lowest BCUT2D eigenvalue weighted by atomic mass is 10.1. The molecule has 0 aromatic rings. The summed E-state index contributed by atoms with van der Waals surface area (Å²) in [6, 6.07) is 0. The van der Waals surface area contributed by atoms with Gasteiger partial charge in [-0.3, -0.25) is 0 Å². The van der Waals surface area contributed by atoms with Gasteiger partial charge in [-0.15, -0.1) is 0 Å². The van der Waals surface area contributed by atoms with Crippen molar-refractivity contribution in [1.82, 2.24) is 9.03 Å². The van der Waals surface area contributed by atoms with E-state index in [2.05, 4.69) is 20.7 Å². The molecule has 1 unspecified atom stereocenters. The smallest absolute Gasteiger partial charge is 0.201 e. The first-order chi connectivity index (χ1) is 6.85. The summed E-state index contributed by atoms with van der Waals surface area (Å²) in [5.74, 6) is 0.407. The summed E-state index contributed by atoms with van der Waals surface area (Å²) in [6.07, 6.45) is 0. The second-order valence-electron chi connectivity index (χ2n) is 3.70. The van der Waals surface area contributed by atoms with Crippen molar-refractivity contribution in [3.8, 4) is 0 Å². The number of nitrogens with one attached hydrogen (secondary N) is 1. The third-order valence-corrected chi connectivity index (χ3v) is 5.34. The van der Waals surface area contributed by atoms with Crippen LogP contribution >= 0.6 is 15.9 Å². The summed E-state index contributed by atoms with van der Waals surface area (Å²) in [6.45, 7) is 9.18. The lowest BCUT2D eigenvalue weighted by Gasteiger charge is -2.21. The molecule has 0 rings (SSSR count). The van der Waals surface area contributed by atoms with Crippen LogP contribution in [-0.2, 0) is 10.2 Å². The molecule has 0 radical (unpaired) electrons. The van der Waals surface area contributed by atoms with Crippen LogP contribution in [-0.4, -0.2) is 37.2 Å². The molecule has 0 aliphatic heterocycles. The largest absolute Gasteiger partial charge is 0.279 e. The normalized spacial score (nSPS) is 14.9. The highest BCUT2D eigenvalue weighted by molar-refractivity contribution is 9.09. The molecule has 0 heterocycles. The quantitative estimate of drug-likeness (QED) is 0.726. The zero-order valence-electron chi connectivity index (χ0n) is 9.83. The van der Waals surface area contributed by atoms with Crippen molar-refractivity contribution in [2.75, 3.05) is 19.6 Å². The van der Waals surface area contributed by atoms with E-state index in [1.807, 2.05) is 27.7 Å². The van der Waals surface area contributed by atoms with Crippen LogP contribution in [0, 0.1) is 5.92 Å². The summed E-state index contributed by atoms with van der Waals surface area (Å²) in [5.41, 5.74) is 0. The topological polar surface area (TPSA) is 49.4 Å². The minimum absolute atomic E-state index is 0.169. The third kappa shape index (κ3) is 5.29. The molecule has 0 spiro atoms. The Labute approximate surface area is 102 Å². The van der Waals surface area contributed by atoms with Crippen LogP contribution in [0.5, 0.6) is 0 Å². The van der Waals surface area contributed by atoms with Gasteiger partial charge in [0.05, 0.1) is 0 Å². The molecular formula is C9H21BrN2O2S. The lowest BCUT2D eigenvalue weighted by Crippen LogP contribution is -2.43. The highest BCUT2D eigenvalue weighted by atomic mass is 79.9. The van der Waals surface area contributed by atoms with Gasteiger partial charge in [-0.1, -0.05) is 43.6 Å². The maximum absolute atomic E-state index is 11.7. The Balaban J connectivity index is 4.27. The van der Waals surface area contributed by atoms with E-state index in [1.54, 1.807) is 0 Å². The van der Waals surface area contributed by atoms with Crippen LogP contribution in [0.25, 0.3) is 0 Å². The Bertz CT molecular complexity index is 263. The van der Waals surface area contributed by atoms with E-state index in [-0.39, 0.29) is 4.83 Å². The fraction of sp³-hybridized carbons (Fsp3) is 1.00. The van der Waals surface area contributed by atoms with Crippen LogP contribution in [0.4, 0.5) is 0 Å². The maximum atomic E-state index is 11.7. The lowest BCUT2D eigenvalue weighted by molar-refractivity contribution is 0.433. The molecule has 0 bridgehead atoms. The molecular weight excluding hydrogens is 280 g/mol. The summed E-state index contributed by atoms with van der Waals surface area (Å²) >= 11 is 3.44. The molecule has 1 atom stereocenters. The minimum atomic E-state index is -3.30. The number of nitrogens with zero attached hydrogens (tertiary/aromatic N) is 1. The van der Waals surface area contributed by atoms with Gasteiger partial charge in [-0.2, -0.15) is 12.7 Å². The zero-order chi connectivity index (χ0) is 12.1. The number of halogens is 1. The van der Waals surface area contributed by atoms with E-state index in [4.69, 9.17) is 0 Å². The van der Waals surface area contributed by atoms with Gasteiger partial charge < -0.3 is 0 Å². The first kappa shape index (κ1) is 15.3. The molecule has 0 saturated heterocycles. The Hall–Kier alpha value is 0.350. The van der Waals surface area contributed by atoms with Gasteiger partial charge in [0.25, 0.3) is 10.2 Å². The Kier molecular flexibility index (Phi) is 6.99. The molecule has 0 aliphatic rings. The average molecular weight is 301 g/mol. The second-order valence-corrected chi connectivity index (χ2v) is 6.63. The van der Waals surface area contributed by atoms with Crippen LogP contribution in [0.15, 0.2) is 0 Å². The van der Waals surface area contributed by atoms with Crippen molar-refractivity contribution < 1.29 is 8.42 Å². The minimum Gasteiger partial charge on any atom is -0.201 e. The van der Waals surface area contributed by atoms with Crippen molar-refractivity contribution in [3.05, 3.63) is 0 Å². The Morgan fingerprint density at radius 2 is 1.73 bits per heavy atom. The van der Waals surface area contributed by atoms with Gasteiger partial charge in [0.2, 0.25) is 0 Å². The summed E-state index contributed by atoms with van der Waals surface area (Å²) in [5, 5.41) is 0. The zero-order valence-corrected chi connectivity index (χ0v) is 12.2. The maximum Gasteiger partial charge on any atom is 0.279 e. The monoisotopic (exact) mass is 300 g/mol. The van der Waals surface area contributed by atoms with Gasteiger partial charge in [-0.25, -0.2) is 4.72 Å². The SMILES string of the molecule is CCN(CC)S(=O)(=O)NCC(Br)C(C)C. The van der Waals surface area contributed by atoms with Crippen molar-refractivity contribution in [1.29, 1.82) is 0 Å². The molecule has 15 heavy (non-hydrogen) atoms. The van der Waals surface area contributed by atoms with Crippen LogP contribution in [0.2, 0.25) is 0 Å². The number of hydrogen-bond donors (Lipinski definition) is 1. The van der Waals surface area contributed by atoms with Gasteiger partial charge in [0, 0.05) is 24.5 Å². The first-order valence-electron chi connectivity index (χ1n) is 5.23. The average Bonchev–Trinajstić information content (AvgIpc) is 2.15. The van der Waals surface area contributed by atoms with Gasteiger partial charge >= 0.3 is 0 Å². The predicted octanol–water partition coefficient (Wildman–Crippen LogP) is 1.58. The predicted molar refractivity (Wildman–Crippen MR) is 67.4 cm³/mol. The van der Waals surface area contributed by atoms with Gasteiger partial charge in [-0.05, 0) is 5.92 Å². The van der Waals surface area contributed by atoms with Gasteiger partial charge in [0.15, 0.2) is 0 Å². The first-order valence-corrected chi connectivity index (χ1v) is 7.59. The van der Waals surface area contributed by atoms with Gasteiger partial charge in [0.1, 0.15) is 0 Å². The highest BCUT2D eigenvalue weighted by Gasteiger charge is 2.20. The van der Waals surface area contributed by atoms with E-state index in [0.29, 0.717) is 25.6 Å². The molecule has 1 N–H and O–H groups in total. The van der Waals surface area contributed by atoms with Crippen molar-refractivity contribution in [2.45, 2.75) is 32.5 Å². The number of alkyl halides is 1. The highest BCUT2D eigenvalue weighted by Crippen LogP contribution is 2.11. The van der Waals surface area contributed by atoms with Crippen molar-refractivity contribution in [3.63, 3.8) is 0 Å². The molecule has 0 aromatic heterocycles. The van der Waals surface area contributed by atoms with E-state index < -0.39 is 10.2 Å². The molecule has 0 fully saturated rings. The van der Waals surface area contributed by atoms with Crippen LogP contribution in [0.1, 0.15) is 27.7 Å². The second kappa shape index (κ2) is 6.83. The number of hydrogen-bond acceptors (Lipinski definition) is 2. The molecule has 6 heteroatoms. The summed E-state index contributed by atoms with van der Waals surface area (Å²) in [7, 11) is -3.30. The Morgan fingerprint density at radius 1 is 1.27 bits per heavy atom. The van der Waals surface area contributed by atoms with Crippen molar-refractivity contribution in [2.24, 2.45) is 5.92 Å². The van der Waals surface area contributed by atoms with E-state index >= 15 is 0 Å². The standard InChI is InChI=1S/C9H21BrN2O2S/c1-5-12(6-2)15(13,14)11-7-9(10)8(3)4/h8-9,11H,5-7H2,1-4H3. The molecule has 4 nitrogen and oxygen atoms in total. The van der Waals surface area contributed by atoms with Crippen LogP contribution in [0.3, 0.4) is 0 Å². The summed E-state index contributed by atoms with van der Waals surface area (Å²) in [4.78, 5) is 0.169. The Morgan fingerprint density at radius 3 is 2.07 bits per heavy atom. The summed E-state index contributed by atoms with van der Waals surface area (Å²) < 4.78 is 27.4. The molecule has 0 aliphatic carbocycles. The van der Waals surface area contributed by atoms with Crippen molar-refractivity contribution >= 4 is 26.1 Å². The van der Waals surface area contributed by atoms with Crippen LogP contribution < -0.4 is 4.72 Å².